The van der Waals surface area contributed by atoms with E-state index in [1.165, 1.54) is 49.4 Å². The monoisotopic (exact) mass is 504 g/mol. The number of unbranched alkanes of at least 4 members (excludes halogenated alkanes) is 2. The smallest absolute Gasteiger partial charge is 0.303 e. The van der Waals surface area contributed by atoms with Gasteiger partial charge in [0.2, 0.25) is 5.91 Å². The number of nitrogens with zero attached hydrogens (tertiary/aromatic N) is 1. The summed E-state index contributed by atoms with van der Waals surface area (Å²) in [6.45, 7) is 6.70. The van der Waals surface area contributed by atoms with Gasteiger partial charge in [0.25, 0.3) is 0 Å². The van der Waals surface area contributed by atoms with E-state index in [0.717, 1.165) is 11.1 Å². The summed E-state index contributed by atoms with van der Waals surface area (Å²) in [6, 6.07) is 16.3. The Balaban J connectivity index is 1.71. The number of fused-ring (bicyclic) bond motifs is 1. The van der Waals surface area contributed by atoms with Crippen molar-refractivity contribution in [2.24, 2.45) is 0 Å². The molecule has 0 aliphatic heterocycles. The Morgan fingerprint density at radius 3 is 2.46 bits per heavy atom. The molecular formula is C31H40N2O4. The number of para-hydroxylation sites is 2. The van der Waals surface area contributed by atoms with Gasteiger partial charge in [0.1, 0.15) is 5.75 Å². The van der Waals surface area contributed by atoms with Gasteiger partial charge in [0.05, 0.1) is 12.3 Å². The molecule has 3 aromatic rings. The molecule has 0 bridgehead atoms. The third kappa shape index (κ3) is 8.24. The van der Waals surface area contributed by atoms with E-state index in [9.17, 15) is 9.59 Å². The summed E-state index contributed by atoms with van der Waals surface area (Å²) >= 11 is 0. The van der Waals surface area contributed by atoms with Crippen LogP contribution in [0.25, 0.3) is 16.5 Å². The van der Waals surface area contributed by atoms with Gasteiger partial charge in [0, 0.05) is 35.6 Å². The molecule has 3 rings (SSSR count). The molecule has 6 nitrogen and oxygen atoms in total. The predicted molar refractivity (Wildman–Crippen MR) is 151 cm³/mol. The van der Waals surface area contributed by atoms with Crippen molar-refractivity contribution in [3.8, 4) is 5.75 Å². The Morgan fingerprint density at radius 1 is 1.03 bits per heavy atom. The molecular weight excluding hydrogens is 464 g/mol. The number of nitrogens with one attached hydrogen (secondary N) is 1. The predicted octanol–water partition coefficient (Wildman–Crippen LogP) is 7.85. The van der Waals surface area contributed by atoms with Gasteiger partial charge in [-0.2, -0.15) is 0 Å². The number of ether oxygens (including phenoxy) is 1. The van der Waals surface area contributed by atoms with Crippen LogP contribution in [0, 0.1) is 0 Å². The summed E-state index contributed by atoms with van der Waals surface area (Å²) in [5.74, 6) is -0.569. The first-order chi connectivity index (χ1) is 17.9. The van der Waals surface area contributed by atoms with Crippen LogP contribution in [0.15, 0.2) is 60.8 Å². The van der Waals surface area contributed by atoms with Gasteiger partial charge in [0.15, 0.2) is 0 Å². The number of amides is 1. The third-order valence-electron chi connectivity index (χ3n) is 6.64. The molecule has 1 heterocycles. The van der Waals surface area contributed by atoms with Crippen LogP contribution in [-0.2, 0) is 9.59 Å². The largest absolute Gasteiger partial charge is 0.491 e. The molecule has 0 atom stereocenters. The molecule has 1 aromatic heterocycles. The Morgan fingerprint density at radius 2 is 1.76 bits per heavy atom. The van der Waals surface area contributed by atoms with Crippen molar-refractivity contribution in [2.45, 2.75) is 78.2 Å². The van der Waals surface area contributed by atoms with Gasteiger partial charge >= 0.3 is 5.97 Å². The number of carbonyl (C=O) groups excluding carboxylic acids is 1. The zero-order valence-electron chi connectivity index (χ0n) is 22.3. The van der Waals surface area contributed by atoms with E-state index >= 15 is 0 Å². The van der Waals surface area contributed by atoms with E-state index in [2.05, 4.69) is 54.2 Å². The number of benzene rings is 2. The number of rotatable bonds is 15. The van der Waals surface area contributed by atoms with Crippen LogP contribution in [0.1, 0.15) is 83.7 Å². The molecule has 0 saturated heterocycles. The molecule has 0 saturated carbocycles. The zero-order chi connectivity index (χ0) is 26.6. The lowest BCUT2D eigenvalue weighted by Crippen LogP contribution is -2.11. The van der Waals surface area contributed by atoms with Gasteiger partial charge < -0.3 is 19.7 Å². The Kier molecular flexibility index (Phi) is 10.8. The highest BCUT2D eigenvalue weighted by molar-refractivity contribution is 6.04. The summed E-state index contributed by atoms with van der Waals surface area (Å²) in [4.78, 5) is 23.5. The lowest BCUT2D eigenvalue weighted by Gasteiger charge is -2.20. The van der Waals surface area contributed by atoms with Crippen molar-refractivity contribution in [2.75, 3.05) is 11.9 Å². The minimum absolute atomic E-state index is 0.0440. The molecule has 2 N–H and O–H groups in total. The normalized spacial score (nSPS) is 11.7. The fraction of sp³-hybridized carbons (Fsp3) is 0.419. The molecule has 0 spiro atoms. The highest BCUT2D eigenvalue weighted by Crippen LogP contribution is 2.30. The second-order valence-corrected chi connectivity index (χ2v) is 9.59. The van der Waals surface area contributed by atoms with Crippen LogP contribution in [0.2, 0.25) is 0 Å². The number of aromatic nitrogens is 1. The maximum Gasteiger partial charge on any atom is 0.303 e. The molecule has 0 radical (unpaired) electrons. The lowest BCUT2D eigenvalue weighted by molar-refractivity contribution is -0.137. The maximum absolute atomic E-state index is 12.8. The van der Waals surface area contributed by atoms with Crippen molar-refractivity contribution in [1.82, 2.24) is 4.57 Å². The molecule has 2 aromatic carbocycles. The highest BCUT2D eigenvalue weighted by atomic mass is 16.5. The topological polar surface area (TPSA) is 80.6 Å². The SMILES string of the molecule is CCCCC(CCCC)n1ccc2cc(/C(C)=C/C(=O)Nc3ccccc3OCCCC(=O)O)ccc21. The van der Waals surface area contributed by atoms with Gasteiger partial charge in [-0.15, -0.1) is 0 Å². The van der Waals surface area contributed by atoms with Crippen LogP contribution in [0.4, 0.5) is 5.69 Å². The first kappa shape index (κ1) is 28.0. The average molecular weight is 505 g/mol. The maximum atomic E-state index is 12.8. The number of anilines is 1. The van der Waals surface area contributed by atoms with Crippen LogP contribution >= 0.6 is 0 Å². The van der Waals surface area contributed by atoms with Gasteiger partial charge in [-0.1, -0.05) is 57.7 Å². The fourth-order valence-corrected chi connectivity index (χ4v) is 4.58. The zero-order valence-corrected chi connectivity index (χ0v) is 22.3. The number of carboxylic acid groups (broad SMARTS) is 1. The third-order valence-corrected chi connectivity index (χ3v) is 6.64. The molecule has 0 aliphatic carbocycles. The van der Waals surface area contributed by atoms with E-state index in [1.807, 2.05) is 19.1 Å². The van der Waals surface area contributed by atoms with E-state index in [-0.39, 0.29) is 18.9 Å². The summed E-state index contributed by atoms with van der Waals surface area (Å²) in [5.41, 5.74) is 3.69. The Hall–Kier alpha value is -3.54. The van der Waals surface area contributed by atoms with Gasteiger partial charge in [-0.3, -0.25) is 9.59 Å². The summed E-state index contributed by atoms with van der Waals surface area (Å²) < 4.78 is 8.13. The molecule has 6 heteroatoms. The molecule has 1 amide bonds. The standard InChI is InChI=1S/C31H40N2O4/c1-4-6-11-26(12-7-5-2)33-19-18-25-22-24(16-17-28(25)33)23(3)21-30(34)32-27-13-8-9-14-29(27)37-20-10-15-31(35)36/h8-9,13-14,16-19,21-22,26H,4-7,10-12,15,20H2,1-3H3,(H,32,34)(H,35,36)/b23-21+. The first-order valence-corrected chi connectivity index (χ1v) is 13.5. The number of allylic oxidation sites excluding steroid dienone is 1. The highest BCUT2D eigenvalue weighted by Gasteiger charge is 2.14. The summed E-state index contributed by atoms with van der Waals surface area (Å²) in [7, 11) is 0. The quantitative estimate of drug-likeness (QED) is 0.163. The van der Waals surface area contributed by atoms with Crippen molar-refractivity contribution in [3.05, 3.63) is 66.4 Å². The number of hydrogen-bond acceptors (Lipinski definition) is 3. The van der Waals surface area contributed by atoms with Crippen LogP contribution in [-0.4, -0.2) is 28.2 Å². The molecule has 0 fully saturated rings. The molecule has 37 heavy (non-hydrogen) atoms. The summed E-state index contributed by atoms with van der Waals surface area (Å²) in [6.07, 6.45) is 11.5. The van der Waals surface area contributed by atoms with Crippen molar-refractivity contribution in [3.63, 3.8) is 0 Å². The van der Waals surface area contributed by atoms with Crippen molar-refractivity contribution < 1.29 is 19.4 Å². The molecule has 198 valence electrons. The van der Waals surface area contributed by atoms with Crippen LogP contribution < -0.4 is 10.1 Å². The second-order valence-electron chi connectivity index (χ2n) is 9.59. The van der Waals surface area contributed by atoms with Gasteiger partial charge in [-0.05, 0) is 67.7 Å². The number of hydrogen-bond donors (Lipinski definition) is 2. The summed E-state index contributed by atoms with van der Waals surface area (Å²) in [5, 5.41) is 12.9. The van der Waals surface area contributed by atoms with Crippen molar-refractivity contribution in [1.29, 1.82) is 0 Å². The Bertz CT molecular complexity index is 1200. The van der Waals surface area contributed by atoms with E-state index in [4.69, 9.17) is 9.84 Å². The van der Waals surface area contributed by atoms with Gasteiger partial charge in [-0.25, -0.2) is 0 Å². The average Bonchev–Trinajstić information content (AvgIpc) is 3.30. The van der Waals surface area contributed by atoms with E-state index < -0.39 is 5.97 Å². The molecule has 0 aliphatic rings. The first-order valence-electron chi connectivity index (χ1n) is 13.5. The fourth-order valence-electron chi connectivity index (χ4n) is 4.58. The minimum atomic E-state index is -0.853. The molecule has 0 unspecified atom stereocenters. The van der Waals surface area contributed by atoms with Crippen LogP contribution in [0.5, 0.6) is 5.75 Å². The van der Waals surface area contributed by atoms with Crippen LogP contribution in [0.3, 0.4) is 0 Å². The number of carbonyl (C=O) groups is 2. The Labute approximate surface area is 220 Å². The second kappa shape index (κ2) is 14.3. The minimum Gasteiger partial charge on any atom is -0.491 e. The number of aliphatic carboxylic acids is 1. The van der Waals surface area contributed by atoms with Crippen molar-refractivity contribution >= 4 is 34.0 Å². The number of carboxylic acids is 1. The lowest BCUT2D eigenvalue weighted by atomic mass is 10.0. The van der Waals surface area contributed by atoms with E-state index in [1.54, 1.807) is 18.2 Å². The van der Waals surface area contributed by atoms with E-state index in [0.29, 0.717) is 23.9 Å².